The summed E-state index contributed by atoms with van der Waals surface area (Å²) in [5, 5.41) is 19.3. The SMILES string of the molecule is CC1CC(C(=O)O)CCN1CC(C)(O)C(C)C. The van der Waals surface area contributed by atoms with Gasteiger partial charge in [-0.1, -0.05) is 13.8 Å². The molecule has 100 valence electrons. The fraction of sp³-hybridized carbons (Fsp3) is 0.923. The number of hydrogen-bond donors (Lipinski definition) is 2. The van der Waals surface area contributed by atoms with E-state index in [0.29, 0.717) is 19.4 Å². The van der Waals surface area contributed by atoms with Crippen LogP contribution in [-0.4, -0.2) is 45.8 Å². The van der Waals surface area contributed by atoms with Crippen LogP contribution in [0, 0.1) is 11.8 Å². The molecule has 4 nitrogen and oxygen atoms in total. The lowest BCUT2D eigenvalue weighted by molar-refractivity contribution is -0.144. The third-order valence-corrected chi connectivity index (χ3v) is 4.13. The van der Waals surface area contributed by atoms with E-state index in [0.717, 1.165) is 6.54 Å². The second-order valence-corrected chi connectivity index (χ2v) is 5.89. The molecule has 0 radical (unpaired) electrons. The van der Waals surface area contributed by atoms with Crippen LogP contribution in [0.15, 0.2) is 0 Å². The Kier molecular flexibility index (Phi) is 4.55. The van der Waals surface area contributed by atoms with Gasteiger partial charge in [-0.05, 0) is 39.2 Å². The first-order valence-electron chi connectivity index (χ1n) is 6.43. The Morgan fingerprint density at radius 3 is 2.53 bits per heavy atom. The first-order valence-corrected chi connectivity index (χ1v) is 6.43. The second-order valence-electron chi connectivity index (χ2n) is 5.89. The summed E-state index contributed by atoms with van der Waals surface area (Å²) in [4.78, 5) is 13.1. The average Bonchev–Trinajstić information content (AvgIpc) is 2.20. The molecule has 17 heavy (non-hydrogen) atoms. The monoisotopic (exact) mass is 243 g/mol. The molecule has 1 saturated heterocycles. The van der Waals surface area contributed by atoms with Gasteiger partial charge in [0.25, 0.3) is 0 Å². The number of aliphatic hydroxyl groups is 1. The number of piperidine rings is 1. The van der Waals surface area contributed by atoms with Crippen molar-refractivity contribution in [3.8, 4) is 0 Å². The van der Waals surface area contributed by atoms with E-state index in [1.54, 1.807) is 0 Å². The summed E-state index contributed by atoms with van der Waals surface area (Å²) >= 11 is 0. The molecule has 2 N–H and O–H groups in total. The maximum atomic E-state index is 10.9. The number of carbonyl (C=O) groups is 1. The lowest BCUT2D eigenvalue weighted by atomic mass is 9.87. The van der Waals surface area contributed by atoms with Gasteiger partial charge in [-0.15, -0.1) is 0 Å². The topological polar surface area (TPSA) is 60.8 Å². The molecule has 1 aliphatic rings. The van der Waals surface area contributed by atoms with E-state index in [1.807, 2.05) is 27.7 Å². The van der Waals surface area contributed by atoms with Crippen LogP contribution in [0.4, 0.5) is 0 Å². The molecule has 3 atom stereocenters. The quantitative estimate of drug-likeness (QED) is 0.787. The van der Waals surface area contributed by atoms with Gasteiger partial charge in [-0.3, -0.25) is 9.69 Å². The van der Waals surface area contributed by atoms with Crippen molar-refractivity contribution in [3.63, 3.8) is 0 Å². The van der Waals surface area contributed by atoms with Crippen LogP contribution in [0.1, 0.15) is 40.5 Å². The zero-order chi connectivity index (χ0) is 13.2. The molecule has 0 aliphatic carbocycles. The highest BCUT2D eigenvalue weighted by Gasteiger charge is 2.34. The number of carboxylic acids is 1. The molecule has 3 unspecified atom stereocenters. The molecular weight excluding hydrogens is 218 g/mol. The van der Waals surface area contributed by atoms with E-state index >= 15 is 0 Å². The Morgan fingerprint density at radius 2 is 2.12 bits per heavy atom. The Balaban J connectivity index is 2.56. The molecule has 0 aromatic carbocycles. The smallest absolute Gasteiger partial charge is 0.306 e. The van der Waals surface area contributed by atoms with Crippen LogP contribution in [0.3, 0.4) is 0 Å². The molecule has 0 bridgehead atoms. The number of carboxylic acid groups (broad SMARTS) is 1. The number of likely N-dealkylation sites (tertiary alicyclic amines) is 1. The summed E-state index contributed by atoms with van der Waals surface area (Å²) in [7, 11) is 0. The molecule has 1 aliphatic heterocycles. The minimum atomic E-state index is -0.704. The maximum absolute atomic E-state index is 10.9. The van der Waals surface area contributed by atoms with E-state index in [1.165, 1.54) is 0 Å². The fourth-order valence-electron chi connectivity index (χ4n) is 2.27. The standard InChI is InChI=1S/C13H25NO3/c1-9(2)13(4,17)8-14-6-5-11(12(15)16)7-10(14)3/h9-11,17H,5-8H2,1-4H3,(H,15,16). The third kappa shape index (κ3) is 3.68. The van der Waals surface area contributed by atoms with Crippen LogP contribution in [0.2, 0.25) is 0 Å². The maximum Gasteiger partial charge on any atom is 0.306 e. The van der Waals surface area contributed by atoms with Gasteiger partial charge in [0.1, 0.15) is 0 Å². The molecule has 1 rings (SSSR count). The molecule has 0 saturated carbocycles. The zero-order valence-electron chi connectivity index (χ0n) is 11.3. The molecular formula is C13H25NO3. The number of β-amino-alcohol motifs (C(OH)–C–C–N with tert-alkyl or cyclic N) is 1. The predicted octanol–water partition coefficient (Wildman–Crippen LogP) is 1.58. The van der Waals surface area contributed by atoms with E-state index < -0.39 is 11.6 Å². The molecule has 0 amide bonds. The lowest BCUT2D eigenvalue weighted by Crippen LogP contribution is -2.51. The normalized spacial score (nSPS) is 30.2. The zero-order valence-corrected chi connectivity index (χ0v) is 11.3. The molecule has 0 spiro atoms. The Bertz CT molecular complexity index is 276. The molecule has 4 heteroatoms. The van der Waals surface area contributed by atoms with Crippen molar-refractivity contribution in [3.05, 3.63) is 0 Å². The number of nitrogens with zero attached hydrogens (tertiary/aromatic N) is 1. The third-order valence-electron chi connectivity index (χ3n) is 4.13. The average molecular weight is 243 g/mol. The van der Waals surface area contributed by atoms with E-state index in [9.17, 15) is 9.90 Å². The lowest BCUT2D eigenvalue weighted by Gasteiger charge is -2.41. The highest BCUT2D eigenvalue weighted by molar-refractivity contribution is 5.70. The van der Waals surface area contributed by atoms with Crippen LogP contribution in [-0.2, 0) is 4.79 Å². The highest BCUT2D eigenvalue weighted by Crippen LogP contribution is 2.26. The number of hydrogen-bond acceptors (Lipinski definition) is 3. The summed E-state index contributed by atoms with van der Waals surface area (Å²) < 4.78 is 0. The van der Waals surface area contributed by atoms with Gasteiger partial charge < -0.3 is 10.2 Å². The minimum Gasteiger partial charge on any atom is -0.481 e. The first kappa shape index (κ1) is 14.5. The summed E-state index contributed by atoms with van der Waals surface area (Å²) in [5.41, 5.74) is -0.704. The van der Waals surface area contributed by atoms with Crippen molar-refractivity contribution in [1.29, 1.82) is 0 Å². The van der Waals surface area contributed by atoms with Crippen molar-refractivity contribution in [2.45, 2.75) is 52.2 Å². The van der Waals surface area contributed by atoms with Crippen molar-refractivity contribution in [1.82, 2.24) is 4.90 Å². The van der Waals surface area contributed by atoms with Crippen molar-refractivity contribution in [2.75, 3.05) is 13.1 Å². The van der Waals surface area contributed by atoms with E-state index in [2.05, 4.69) is 4.90 Å². The Labute approximate surface area is 104 Å². The second kappa shape index (κ2) is 5.36. The highest BCUT2D eigenvalue weighted by atomic mass is 16.4. The summed E-state index contributed by atoms with van der Waals surface area (Å²) in [5.74, 6) is -0.704. The first-order chi connectivity index (χ1) is 7.74. The van der Waals surface area contributed by atoms with Crippen LogP contribution < -0.4 is 0 Å². The molecule has 0 aromatic rings. The van der Waals surface area contributed by atoms with Gasteiger partial charge in [-0.25, -0.2) is 0 Å². The van der Waals surface area contributed by atoms with Crippen molar-refractivity contribution < 1.29 is 15.0 Å². The summed E-state index contributed by atoms with van der Waals surface area (Å²) in [6, 6.07) is 0.232. The molecule has 1 heterocycles. The Morgan fingerprint density at radius 1 is 1.53 bits per heavy atom. The number of rotatable bonds is 4. The minimum absolute atomic E-state index is 0.201. The van der Waals surface area contributed by atoms with Crippen molar-refractivity contribution in [2.24, 2.45) is 11.8 Å². The molecule has 0 aromatic heterocycles. The summed E-state index contributed by atoms with van der Waals surface area (Å²) in [6.45, 7) is 9.31. The van der Waals surface area contributed by atoms with Gasteiger partial charge in [0.05, 0.1) is 11.5 Å². The number of aliphatic carboxylic acids is 1. The Hall–Kier alpha value is -0.610. The van der Waals surface area contributed by atoms with Gasteiger partial charge in [0, 0.05) is 12.6 Å². The van der Waals surface area contributed by atoms with E-state index in [4.69, 9.17) is 5.11 Å². The van der Waals surface area contributed by atoms with Crippen LogP contribution in [0.25, 0.3) is 0 Å². The van der Waals surface area contributed by atoms with Crippen molar-refractivity contribution >= 4 is 5.97 Å². The van der Waals surface area contributed by atoms with Gasteiger partial charge in [0.2, 0.25) is 0 Å². The largest absolute Gasteiger partial charge is 0.481 e. The molecule has 1 fully saturated rings. The van der Waals surface area contributed by atoms with Gasteiger partial charge >= 0.3 is 5.97 Å². The van der Waals surface area contributed by atoms with E-state index in [-0.39, 0.29) is 17.9 Å². The fourth-order valence-corrected chi connectivity index (χ4v) is 2.27. The van der Waals surface area contributed by atoms with Gasteiger partial charge in [-0.2, -0.15) is 0 Å². The van der Waals surface area contributed by atoms with Crippen LogP contribution >= 0.6 is 0 Å². The van der Waals surface area contributed by atoms with Crippen LogP contribution in [0.5, 0.6) is 0 Å². The predicted molar refractivity (Wildman–Crippen MR) is 66.9 cm³/mol. The van der Waals surface area contributed by atoms with Gasteiger partial charge in [0.15, 0.2) is 0 Å². The summed E-state index contributed by atoms with van der Waals surface area (Å²) in [6.07, 6.45) is 1.37.